The van der Waals surface area contributed by atoms with Crippen LogP contribution in [0, 0.1) is 0 Å². The van der Waals surface area contributed by atoms with Crippen LogP contribution >= 0.6 is 12.2 Å². The Kier molecular flexibility index (Phi) is 3.46. The van der Waals surface area contributed by atoms with Crippen LogP contribution in [0.3, 0.4) is 0 Å². The van der Waals surface area contributed by atoms with Crippen LogP contribution in [0.1, 0.15) is 5.56 Å². The minimum Gasteiger partial charge on any atom is -0.481 e. The molecule has 0 spiro atoms. The van der Waals surface area contributed by atoms with Gasteiger partial charge in [0, 0.05) is 11.4 Å². The van der Waals surface area contributed by atoms with Crippen molar-refractivity contribution in [3.63, 3.8) is 0 Å². The van der Waals surface area contributed by atoms with Crippen LogP contribution in [0.5, 0.6) is 0 Å². The first-order valence-electron chi connectivity index (χ1n) is 4.15. The van der Waals surface area contributed by atoms with Gasteiger partial charge in [0.2, 0.25) is 0 Å². The lowest BCUT2D eigenvalue weighted by molar-refractivity contribution is -0.136. The van der Waals surface area contributed by atoms with Crippen molar-refractivity contribution in [2.24, 2.45) is 5.73 Å². The molecule has 0 radical (unpaired) electrons. The number of carbonyl (C=O) groups is 1. The third-order valence-corrected chi connectivity index (χ3v) is 1.83. The van der Waals surface area contributed by atoms with Gasteiger partial charge in [-0.05, 0) is 36.0 Å². The highest BCUT2D eigenvalue weighted by Gasteiger charge is 2.07. The Morgan fingerprint density at radius 1 is 1.53 bits per heavy atom. The average Bonchev–Trinajstić information content (AvgIpc) is 2.08. The van der Waals surface area contributed by atoms with E-state index < -0.39 is 5.97 Å². The highest BCUT2D eigenvalue weighted by atomic mass is 32.1. The van der Waals surface area contributed by atoms with Gasteiger partial charge < -0.3 is 21.9 Å². The molecule has 1 aromatic rings. The van der Waals surface area contributed by atoms with Crippen molar-refractivity contribution in [1.29, 1.82) is 0 Å². The molecule has 0 saturated heterocycles. The van der Waals surface area contributed by atoms with Gasteiger partial charge >= 0.3 is 5.97 Å². The van der Waals surface area contributed by atoms with E-state index >= 15 is 0 Å². The monoisotopic (exact) mass is 225 g/mol. The molecule has 1 rings (SSSR count). The molecule has 0 aliphatic heterocycles. The van der Waals surface area contributed by atoms with Crippen LogP contribution in [-0.2, 0) is 11.2 Å². The van der Waals surface area contributed by atoms with E-state index in [0.717, 1.165) is 0 Å². The van der Waals surface area contributed by atoms with Crippen molar-refractivity contribution in [1.82, 2.24) is 0 Å². The molecule has 0 amide bonds. The largest absolute Gasteiger partial charge is 0.481 e. The standard InChI is InChI=1S/C9H11N3O2S/c10-6-1-2-7(12-9(11)15)5(3-6)4-8(13)14/h1-3H,4,10H2,(H,13,14)(H3,11,12,15). The third kappa shape index (κ3) is 3.43. The molecule has 5 nitrogen and oxygen atoms in total. The summed E-state index contributed by atoms with van der Waals surface area (Å²) in [5.74, 6) is -0.938. The van der Waals surface area contributed by atoms with E-state index in [4.69, 9.17) is 16.6 Å². The quantitative estimate of drug-likeness (QED) is 0.442. The number of aliphatic carboxylic acids is 1. The number of nitrogens with one attached hydrogen (secondary N) is 1. The van der Waals surface area contributed by atoms with Gasteiger partial charge in [0.15, 0.2) is 5.11 Å². The first kappa shape index (κ1) is 11.3. The Bertz CT molecular complexity index is 406. The number of nitrogens with two attached hydrogens (primary N) is 2. The van der Waals surface area contributed by atoms with Crippen molar-refractivity contribution < 1.29 is 9.90 Å². The first-order valence-corrected chi connectivity index (χ1v) is 4.56. The Hall–Kier alpha value is -1.82. The molecule has 0 unspecified atom stereocenters. The molecule has 1 aromatic carbocycles. The summed E-state index contributed by atoms with van der Waals surface area (Å²) in [5, 5.41) is 11.5. The second-order valence-electron chi connectivity index (χ2n) is 2.98. The van der Waals surface area contributed by atoms with Crippen molar-refractivity contribution in [3.8, 4) is 0 Å². The number of nitrogen functional groups attached to an aromatic ring is 1. The van der Waals surface area contributed by atoms with Gasteiger partial charge in [-0.1, -0.05) is 0 Å². The second kappa shape index (κ2) is 4.61. The number of carboxylic acid groups (broad SMARTS) is 1. The zero-order chi connectivity index (χ0) is 11.4. The SMILES string of the molecule is NC(=S)Nc1ccc(N)cc1CC(=O)O. The molecule has 0 bridgehead atoms. The predicted molar refractivity (Wildman–Crippen MR) is 62.6 cm³/mol. The normalized spacial score (nSPS) is 9.60. The maximum absolute atomic E-state index is 10.6. The van der Waals surface area contributed by atoms with Gasteiger partial charge in [-0.15, -0.1) is 0 Å². The van der Waals surface area contributed by atoms with E-state index in [1.54, 1.807) is 18.2 Å². The number of carboxylic acids is 1. The smallest absolute Gasteiger partial charge is 0.307 e. The Labute approximate surface area is 92.1 Å². The number of thiocarbonyl (C=S) groups is 1. The summed E-state index contributed by atoms with van der Waals surface area (Å²) in [6.45, 7) is 0. The molecule has 15 heavy (non-hydrogen) atoms. The molecule has 0 aromatic heterocycles. The maximum Gasteiger partial charge on any atom is 0.307 e. The molecule has 0 aliphatic carbocycles. The van der Waals surface area contributed by atoms with E-state index in [1.807, 2.05) is 0 Å². The van der Waals surface area contributed by atoms with Crippen LogP contribution in [0.4, 0.5) is 11.4 Å². The van der Waals surface area contributed by atoms with Gasteiger partial charge in [0.1, 0.15) is 0 Å². The number of benzene rings is 1. The highest BCUT2D eigenvalue weighted by molar-refractivity contribution is 7.80. The van der Waals surface area contributed by atoms with Crippen LogP contribution in [0.25, 0.3) is 0 Å². The summed E-state index contributed by atoms with van der Waals surface area (Å²) in [4.78, 5) is 10.6. The summed E-state index contributed by atoms with van der Waals surface area (Å²) >= 11 is 4.67. The Morgan fingerprint density at radius 2 is 2.20 bits per heavy atom. The number of anilines is 2. The topological polar surface area (TPSA) is 101 Å². The molecule has 6 heteroatoms. The Balaban J connectivity index is 3.02. The average molecular weight is 225 g/mol. The van der Waals surface area contributed by atoms with Gasteiger partial charge in [0.05, 0.1) is 6.42 Å². The lowest BCUT2D eigenvalue weighted by Gasteiger charge is -2.09. The summed E-state index contributed by atoms with van der Waals surface area (Å²) in [5.41, 5.74) is 12.5. The van der Waals surface area contributed by atoms with Gasteiger partial charge in [0.25, 0.3) is 0 Å². The van der Waals surface area contributed by atoms with Crippen molar-refractivity contribution >= 4 is 34.7 Å². The predicted octanol–water partition coefficient (Wildman–Crippen LogP) is 0.551. The van der Waals surface area contributed by atoms with E-state index in [1.165, 1.54) is 0 Å². The van der Waals surface area contributed by atoms with Crippen LogP contribution in [0.2, 0.25) is 0 Å². The van der Waals surface area contributed by atoms with Gasteiger partial charge in [-0.3, -0.25) is 4.79 Å². The fraction of sp³-hybridized carbons (Fsp3) is 0.111. The zero-order valence-corrected chi connectivity index (χ0v) is 8.67. The summed E-state index contributed by atoms with van der Waals surface area (Å²) in [7, 11) is 0. The van der Waals surface area contributed by atoms with E-state index in [2.05, 4.69) is 17.5 Å². The lowest BCUT2D eigenvalue weighted by Crippen LogP contribution is -2.20. The van der Waals surface area contributed by atoms with Gasteiger partial charge in [-0.2, -0.15) is 0 Å². The zero-order valence-electron chi connectivity index (χ0n) is 7.86. The molecule has 0 aliphatic rings. The lowest BCUT2D eigenvalue weighted by atomic mass is 10.1. The summed E-state index contributed by atoms with van der Waals surface area (Å²) < 4.78 is 0. The molecule has 0 fully saturated rings. The summed E-state index contributed by atoms with van der Waals surface area (Å²) in [6, 6.07) is 4.87. The Morgan fingerprint density at radius 3 is 2.73 bits per heavy atom. The minimum atomic E-state index is -0.938. The van der Waals surface area contributed by atoms with E-state index in [-0.39, 0.29) is 11.5 Å². The fourth-order valence-electron chi connectivity index (χ4n) is 1.18. The van der Waals surface area contributed by atoms with Crippen molar-refractivity contribution in [2.75, 3.05) is 11.1 Å². The second-order valence-corrected chi connectivity index (χ2v) is 3.42. The minimum absolute atomic E-state index is 0.0893. The van der Waals surface area contributed by atoms with Crippen LogP contribution in [0.15, 0.2) is 18.2 Å². The third-order valence-electron chi connectivity index (χ3n) is 1.73. The van der Waals surface area contributed by atoms with Gasteiger partial charge in [-0.25, -0.2) is 0 Å². The van der Waals surface area contributed by atoms with Crippen molar-refractivity contribution in [3.05, 3.63) is 23.8 Å². The first-order chi connectivity index (χ1) is 6.99. The van der Waals surface area contributed by atoms with Crippen molar-refractivity contribution in [2.45, 2.75) is 6.42 Å². The number of hydrogen-bond donors (Lipinski definition) is 4. The molecule has 80 valence electrons. The molecular formula is C9H11N3O2S. The van der Waals surface area contributed by atoms with E-state index in [9.17, 15) is 4.79 Å². The fourth-order valence-corrected chi connectivity index (χ4v) is 1.29. The summed E-state index contributed by atoms with van der Waals surface area (Å²) in [6.07, 6.45) is -0.129. The molecule has 0 atom stereocenters. The van der Waals surface area contributed by atoms with Crippen LogP contribution in [-0.4, -0.2) is 16.2 Å². The molecule has 6 N–H and O–H groups in total. The maximum atomic E-state index is 10.6. The molecule has 0 heterocycles. The number of rotatable bonds is 3. The highest BCUT2D eigenvalue weighted by Crippen LogP contribution is 2.19. The molecule has 0 saturated carbocycles. The number of hydrogen-bond acceptors (Lipinski definition) is 3. The van der Waals surface area contributed by atoms with Crippen LogP contribution < -0.4 is 16.8 Å². The molecular weight excluding hydrogens is 214 g/mol. The van der Waals surface area contributed by atoms with E-state index in [0.29, 0.717) is 16.9 Å².